The van der Waals surface area contributed by atoms with E-state index < -0.39 is 30.4 Å². The number of carbonyl (C=O) groups is 1. The molecule has 0 bridgehead atoms. The Morgan fingerprint density at radius 1 is 1.37 bits per heavy atom. The molecule has 1 N–H and O–H groups in total. The number of nitrogens with one attached hydrogen (secondary N) is 1. The van der Waals surface area contributed by atoms with Crippen LogP contribution in [0.1, 0.15) is 40.1 Å². The fourth-order valence-electron chi connectivity index (χ4n) is 2.66. The standard InChI is InChI=1S/C19H21ClF2N4O/c1-13-9-24-17(25-10-13)11-23-12-19(22)4-6-26(7-5-19)18(27)14-2-3-16(21)15(20)8-14/h2-3,8-10,23H,4-7,11-12H2,1H3/i11D2,12D2. The van der Waals surface area contributed by atoms with E-state index in [2.05, 4.69) is 15.3 Å². The van der Waals surface area contributed by atoms with E-state index in [9.17, 15) is 9.18 Å². The summed E-state index contributed by atoms with van der Waals surface area (Å²) in [5.74, 6) is -1.45. The van der Waals surface area contributed by atoms with Gasteiger partial charge in [-0.3, -0.25) is 4.79 Å². The molecule has 0 saturated carbocycles. The Bertz CT molecular complexity index is 970. The van der Waals surface area contributed by atoms with Gasteiger partial charge in [-0.1, -0.05) is 11.6 Å². The van der Waals surface area contributed by atoms with Gasteiger partial charge in [-0.05, 0) is 30.7 Å². The Labute approximate surface area is 167 Å². The van der Waals surface area contributed by atoms with Gasteiger partial charge >= 0.3 is 0 Å². The molecule has 5 nitrogen and oxygen atoms in total. The molecule has 2 aromatic rings. The first kappa shape index (κ1) is 14.9. The maximum absolute atomic E-state index is 15.6. The van der Waals surface area contributed by atoms with Gasteiger partial charge in [-0.15, -0.1) is 0 Å². The van der Waals surface area contributed by atoms with Crippen LogP contribution in [0.15, 0.2) is 30.6 Å². The summed E-state index contributed by atoms with van der Waals surface area (Å²) in [6, 6.07) is 3.53. The van der Waals surface area contributed by atoms with Crippen LogP contribution in [0.4, 0.5) is 8.78 Å². The van der Waals surface area contributed by atoms with Crippen LogP contribution in [0, 0.1) is 12.7 Å². The lowest BCUT2D eigenvalue weighted by Crippen LogP contribution is -2.48. The normalized spacial score (nSPS) is 19.6. The molecular formula is C19H21ClF2N4O. The molecule has 1 saturated heterocycles. The average Bonchev–Trinajstić information content (AvgIpc) is 2.69. The maximum atomic E-state index is 15.6. The molecule has 8 heteroatoms. The average molecular weight is 399 g/mol. The first-order chi connectivity index (χ1) is 14.3. The van der Waals surface area contributed by atoms with Crippen molar-refractivity contribution in [2.45, 2.75) is 31.9 Å². The highest BCUT2D eigenvalue weighted by molar-refractivity contribution is 6.31. The number of alkyl halides is 1. The molecule has 1 aromatic carbocycles. The van der Waals surface area contributed by atoms with E-state index in [-0.39, 0.29) is 42.3 Å². The number of hydrogen-bond donors (Lipinski definition) is 1. The monoisotopic (exact) mass is 398 g/mol. The number of nitrogens with zero attached hydrogens (tertiary/aromatic N) is 3. The molecular weight excluding hydrogens is 374 g/mol. The molecule has 1 aliphatic heterocycles. The second-order valence-corrected chi connectivity index (χ2v) is 6.75. The molecule has 0 aliphatic carbocycles. The summed E-state index contributed by atoms with van der Waals surface area (Å²) < 4.78 is 61.4. The van der Waals surface area contributed by atoms with Crippen molar-refractivity contribution in [2.24, 2.45) is 0 Å². The number of piperidine rings is 1. The van der Waals surface area contributed by atoms with Crippen LogP contribution in [0.25, 0.3) is 0 Å². The van der Waals surface area contributed by atoms with Gasteiger partial charge in [0.25, 0.3) is 5.91 Å². The Hall–Kier alpha value is -2.12. The predicted molar refractivity (Wildman–Crippen MR) is 98.9 cm³/mol. The number of amides is 1. The van der Waals surface area contributed by atoms with Crippen LogP contribution in [0.5, 0.6) is 0 Å². The van der Waals surface area contributed by atoms with E-state index in [1.165, 1.54) is 29.4 Å². The van der Waals surface area contributed by atoms with E-state index in [0.717, 1.165) is 6.07 Å². The minimum atomic E-state index is -2.76. The Balaban J connectivity index is 1.70. The highest BCUT2D eigenvalue weighted by Gasteiger charge is 2.36. The van der Waals surface area contributed by atoms with Crippen LogP contribution in [-0.2, 0) is 6.50 Å². The number of aromatic nitrogens is 2. The predicted octanol–water partition coefficient (Wildman–Crippen LogP) is 3.31. The minimum Gasteiger partial charge on any atom is -0.338 e. The van der Waals surface area contributed by atoms with Crippen molar-refractivity contribution in [1.29, 1.82) is 0 Å². The summed E-state index contributed by atoms with van der Waals surface area (Å²) in [5.41, 5.74) is -1.60. The summed E-state index contributed by atoms with van der Waals surface area (Å²) in [6.45, 7) is -3.77. The zero-order valence-corrected chi connectivity index (χ0v) is 15.4. The SMILES string of the molecule is [2H]C([2H])(NC([2H])([2H])C1(F)CCN(C(=O)c2ccc(F)c(Cl)c2)CC1)c1ncc(C)cn1. The second-order valence-electron chi connectivity index (χ2n) is 6.35. The van der Waals surface area contributed by atoms with Crippen LogP contribution in [0.3, 0.4) is 0 Å². The molecule has 1 aromatic heterocycles. The van der Waals surface area contributed by atoms with E-state index in [1.54, 1.807) is 6.92 Å². The van der Waals surface area contributed by atoms with Crippen LogP contribution in [-0.4, -0.2) is 46.0 Å². The Kier molecular flexibility index (Phi) is 4.56. The topological polar surface area (TPSA) is 58.1 Å². The van der Waals surface area contributed by atoms with E-state index in [4.69, 9.17) is 17.1 Å². The fourth-order valence-corrected chi connectivity index (χ4v) is 2.84. The molecule has 144 valence electrons. The van der Waals surface area contributed by atoms with Crippen LogP contribution < -0.4 is 5.32 Å². The molecule has 0 spiro atoms. The van der Waals surface area contributed by atoms with Crippen molar-refractivity contribution in [3.05, 3.63) is 58.4 Å². The molecule has 0 radical (unpaired) electrons. The molecule has 2 heterocycles. The van der Waals surface area contributed by atoms with Gasteiger partial charge in [0.05, 0.1) is 14.3 Å². The third-order valence-corrected chi connectivity index (χ3v) is 4.54. The van der Waals surface area contributed by atoms with Crippen molar-refractivity contribution in [1.82, 2.24) is 20.2 Å². The van der Waals surface area contributed by atoms with Gasteiger partial charge < -0.3 is 10.2 Å². The lowest BCUT2D eigenvalue weighted by Gasteiger charge is -2.36. The van der Waals surface area contributed by atoms with Crippen molar-refractivity contribution in [2.75, 3.05) is 19.6 Å². The number of likely N-dealkylation sites (tertiary alicyclic amines) is 1. The number of hydrogen-bond acceptors (Lipinski definition) is 4. The highest BCUT2D eigenvalue weighted by Crippen LogP contribution is 2.27. The van der Waals surface area contributed by atoms with Gasteiger partial charge in [0.15, 0.2) is 0 Å². The number of aryl methyl sites for hydroxylation is 1. The van der Waals surface area contributed by atoms with Gasteiger partial charge in [-0.2, -0.15) is 0 Å². The largest absolute Gasteiger partial charge is 0.338 e. The van der Waals surface area contributed by atoms with Crippen molar-refractivity contribution in [3.8, 4) is 0 Å². The van der Waals surface area contributed by atoms with Crippen molar-refractivity contribution < 1.29 is 19.1 Å². The fraction of sp³-hybridized carbons (Fsp3) is 0.421. The van der Waals surface area contributed by atoms with E-state index in [0.29, 0.717) is 5.56 Å². The number of benzene rings is 1. The van der Waals surface area contributed by atoms with Crippen molar-refractivity contribution >= 4 is 17.5 Å². The number of carbonyl (C=O) groups excluding carboxylic acids is 1. The molecule has 0 unspecified atom stereocenters. The summed E-state index contributed by atoms with van der Waals surface area (Å²) in [7, 11) is 0. The Morgan fingerprint density at radius 2 is 2.04 bits per heavy atom. The maximum Gasteiger partial charge on any atom is 0.253 e. The number of halogens is 3. The highest BCUT2D eigenvalue weighted by atomic mass is 35.5. The number of rotatable bonds is 5. The van der Waals surface area contributed by atoms with Crippen LogP contribution in [0.2, 0.25) is 5.02 Å². The van der Waals surface area contributed by atoms with Gasteiger partial charge in [0, 0.05) is 53.1 Å². The molecule has 27 heavy (non-hydrogen) atoms. The summed E-state index contributed by atoms with van der Waals surface area (Å²) in [5, 5.41) is 1.87. The molecule has 1 fully saturated rings. The Morgan fingerprint density at radius 3 is 2.67 bits per heavy atom. The minimum absolute atomic E-state index is 0.102. The molecule has 1 aliphatic rings. The first-order valence-electron chi connectivity index (χ1n) is 10.4. The zero-order valence-electron chi connectivity index (χ0n) is 18.6. The molecule has 1 amide bonds. The third kappa shape index (κ3) is 4.99. The molecule has 0 atom stereocenters. The zero-order chi connectivity index (χ0) is 23.0. The van der Waals surface area contributed by atoms with Gasteiger partial charge in [0.2, 0.25) is 0 Å². The lowest BCUT2D eigenvalue weighted by molar-refractivity contribution is 0.0434. The van der Waals surface area contributed by atoms with Crippen LogP contribution >= 0.6 is 11.6 Å². The second kappa shape index (κ2) is 8.27. The smallest absolute Gasteiger partial charge is 0.253 e. The summed E-state index contributed by atoms with van der Waals surface area (Å²) in [6.07, 6.45) is 2.04. The van der Waals surface area contributed by atoms with Gasteiger partial charge in [0.1, 0.15) is 17.3 Å². The summed E-state index contributed by atoms with van der Waals surface area (Å²) >= 11 is 5.71. The van der Waals surface area contributed by atoms with E-state index in [1.807, 2.05) is 0 Å². The van der Waals surface area contributed by atoms with Gasteiger partial charge in [-0.25, -0.2) is 18.7 Å². The van der Waals surface area contributed by atoms with Crippen molar-refractivity contribution in [3.63, 3.8) is 0 Å². The summed E-state index contributed by atoms with van der Waals surface area (Å²) in [4.78, 5) is 21.6. The molecule has 3 rings (SSSR count). The third-order valence-electron chi connectivity index (χ3n) is 4.25. The quantitative estimate of drug-likeness (QED) is 0.839. The lowest BCUT2D eigenvalue weighted by atomic mass is 9.92. The van der Waals surface area contributed by atoms with E-state index >= 15 is 4.39 Å². The first-order valence-corrected chi connectivity index (χ1v) is 8.74.